The molecule has 0 saturated carbocycles. The molecule has 9 heteroatoms. The molecule has 2 aromatic carbocycles. The minimum absolute atomic E-state index is 0.0273. The number of amides is 2. The van der Waals surface area contributed by atoms with Gasteiger partial charge in [-0.25, -0.2) is 8.78 Å². The van der Waals surface area contributed by atoms with E-state index in [1.54, 1.807) is 30.7 Å². The number of ketones is 1. The number of nitrogens with two attached hydrogens (primary N) is 1. The molecule has 2 N–H and O–H groups in total. The number of likely N-dealkylation sites (tertiary alicyclic amines) is 2. The fraction of sp³-hybridized carbons (Fsp3) is 0.500. The van der Waals surface area contributed by atoms with Crippen molar-refractivity contribution in [3.63, 3.8) is 0 Å². The van der Waals surface area contributed by atoms with Crippen molar-refractivity contribution in [2.45, 2.75) is 51.2 Å². The number of nitrogens with zero attached hydrogens (tertiary/aromatic N) is 2. The third kappa shape index (κ3) is 6.20. The number of ether oxygens (including phenoxy) is 1. The minimum Gasteiger partial charge on any atom is -0.376 e. The molecule has 2 heterocycles. The average molecular weight is 542 g/mol. The average Bonchev–Trinajstić information content (AvgIpc) is 3.14. The Kier molecular flexibility index (Phi) is 8.51. The summed E-state index contributed by atoms with van der Waals surface area (Å²) in [6, 6.07) is 13.3. The number of benzene rings is 2. The number of halogens is 2. The van der Waals surface area contributed by atoms with E-state index in [1.807, 2.05) is 30.3 Å². The van der Waals surface area contributed by atoms with Gasteiger partial charge in [0.05, 0.1) is 30.1 Å². The van der Waals surface area contributed by atoms with Crippen LogP contribution in [0.3, 0.4) is 0 Å². The number of rotatable bonds is 9. The number of hydrogen-bond donors (Lipinski definition) is 1. The summed E-state index contributed by atoms with van der Waals surface area (Å²) >= 11 is 0. The molecule has 4 rings (SSSR count). The van der Waals surface area contributed by atoms with Crippen molar-refractivity contribution >= 4 is 17.6 Å². The first kappa shape index (κ1) is 28.8. The molecule has 0 aliphatic carbocycles. The molecule has 0 aromatic heterocycles. The predicted octanol–water partition coefficient (Wildman–Crippen LogP) is 3.66. The van der Waals surface area contributed by atoms with Gasteiger partial charge in [-0.3, -0.25) is 14.4 Å². The highest BCUT2D eigenvalue weighted by Crippen LogP contribution is 2.49. The largest absolute Gasteiger partial charge is 0.376 e. The van der Waals surface area contributed by atoms with Crippen molar-refractivity contribution in [3.8, 4) is 0 Å². The summed E-state index contributed by atoms with van der Waals surface area (Å²) < 4.78 is 33.7. The molecule has 2 aliphatic heterocycles. The zero-order valence-corrected chi connectivity index (χ0v) is 22.8. The number of likely N-dealkylation sites (N-methyl/N-ethyl adjacent to an activating group) is 1. The van der Waals surface area contributed by atoms with E-state index in [0.29, 0.717) is 31.5 Å². The summed E-state index contributed by atoms with van der Waals surface area (Å²) in [5, 5.41) is 0. The fourth-order valence-electron chi connectivity index (χ4n) is 5.80. The molecule has 2 aromatic rings. The van der Waals surface area contributed by atoms with Gasteiger partial charge >= 0.3 is 0 Å². The normalized spacial score (nSPS) is 22.4. The van der Waals surface area contributed by atoms with Gasteiger partial charge in [0.1, 0.15) is 0 Å². The number of Topliss-reactive ketones (excluding diaryl/α,β-unsaturated/α-hetero) is 1. The molecular formula is C30H37F2N3O4. The fourth-order valence-corrected chi connectivity index (χ4v) is 5.80. The summed E-state index contributed by atoms with van der Waals surface area (Å²) in [6.45, 7) is 4.44. The smallest absolute Gasteiger partial charge is 0.231 e. The lowest BCUT2D eigenvalue weighted by Crippen LogP contribution is -2.53. The Morgan fingerprint density at radius 1 is 1.15 bits per heavy atom. The maximum Gasteiger partial charge on any atom is 0.231 e. The molecule has 3 atom stereocenters. The van der Waals surface area contributed by atoms with E-state index in [9.17, 15) is 23.2 Å². The minimum atomic E-state index is -1.11. The Balaban J connectivity index is 1.56. The quantitative estimate of drug-likeness (QED) is 0.523. The van der Waals surface area contributed by atoms with E-state index in [0.717, 1.165) is 17.7 Å². The Labute approximate surface area is 228 Å². The van der Waals surface area contributed by atoms with Gasteiger partial charge in [0, 0.05) is 39.0 Å². The Bertz CT molecular complexity index is 1220. The van der Waals surface area contributed by atoms with Crippen LogP contribution in [0.25, 0.3) is 0 Å². The van der Waals surface area contributed by atoms with Crippen molar-refractivity contribution in [2.24, 2.45) is 17.1 Å². The zero-order valence-electron chi connectivity index (χ0n) is 22.8. The monoisotopic (exact) mass is 541 g/mol. The molecule has 210 valence electrons. The number of carbonyl (C=O) groups is 3. The maximum atomic E-state index is 14.2. The highest BCUT2D eigenvalue weighted by Gasteiger charge is 2.56. The van der Waals surface area contributed by atoms with Crippen LogP contribution in [-0.4, -0.2) is 66.2 Å². The molecule has 2 amide bonds. The Morgan fingerprint density at radius 3 is 2.54 bits per heavy atom. The highest BCUT2D eigenvalue weighted by atomic mass is 19.2. The highest BCUT2D eigenvalue weighted by molar-refractivity contribution is 5.92. The van der Waals surface area contributed by atoms with Crippen molar-refractivity contribution in [1.82, 2.24) is 9.80 Å². The van der Waals surface area contributed by atoms with Crippen LogP contribution in [0.4, 0.5) is 8.78 Å². The van der Waals surface area contributed by atoms with E-state index in [-0.39, 0.29) is 43.8 Å². The van der Waals surface area contributed by atoms with Crippen LogP contribution >= 0.6 is 0 Å². The van der Waals surface area contributed by atoms with Crippen molar-refractivity contribution in [2.75, 3.05) is 33.3 Å². The van der Waals surface area contributed by atoms with Crippen LogP contribution in [0, 0.1) is 23.0 Å². The van der Waals surface area contributed by atoms with Gasteiger partial charge in [-0.2, -0.15) is 0 Å². The molecule has 2 fully saturated rings. The van der Waals surface area contributed by atoms with Crippen LogP contribution in [0.5, 0.6) is 0 Å². The van der Waals surface area contributed by atoms with Crippen LogP contribution in [0.2, 0.25) is 0 Å². The van der Waals surface area contributed by atoms with E-state index in [4.69, 9.17) is 10.5 Å². The third-order valence-electron chi connectivity index (χ3n) is 8.01. The van der Waals surface area contributed by atoms with Crippen molar-refractivity contribution in [3.05, 3.63) is 71.3 Å². The molecule has 2 aliphatic rings. The van der Waals surface area contributed by atoms with Gasteiger partial charge in [-0.1, -0.05) is 36.4 Å². The van der Waals surface area contributed by atoms with Crippen LogP contribution < -0.4 is 5.73 Å². The molecule has 39 heavy (non-hydrogen) atoms. The lowest BCUT2D eigenvalue weighted by atomic mass is 9.68. The maximum absolute atomic E-state index is 14.2. The zero-order chi connectivity index (χ0) is 28.4. The first-order valence-electron chi connectivity index (χ1n) is 13.4. The molecule has 0 radical (unpaired) electrons. The second-order valence-corrected chi connectivity index (χ2v) is 11.5. The summed E-state index contributed by atoms with van der Waals surface area (Å²) in [5.74, 6) is -3.74. The number of hydrogen-bond acceptors (Lipinski definition) is 5. The molecular weight excluding hydrogens is 504 g/mol. The Hall–Kier alpha value is -3.17. The van der Waals surface area contributed by atoms with Gasteiger partial charge in [-0.15, -0.1) is 0 Å². The first-order chi connectivity index (χ1) is 18.4. The van der Waals surface area contributed by atoms with Gasteiger partial charge in [0.2, 0.25) is 11.8 Å². The Morgan fingerprint density at radius 2 is 1.87 bits per heavy atom. The van der Waals surface area contributed by atoms with Crippen LogP contribution in [-0.2, 0) is 25.7 Å². The van der Waals surface area contributed by atoms with Gasteiger partial charge < -0.3 is 20.3 Å². The van der Waals surface area contributed by atoms with E-state index >= 15 is 0 Å². The second-order valence-electron chi connectivity index (χ2n) is 11.5. The first-order valence-corrected chi connectivity index (χ1v) is 13.4. The van der Waals surface area contributed by atoms with Gasteiger partial charge in [0.15, 0.2) is 17.4 Å². The molecule has 2 unspecified atom stereocenters. The number of piperidine rings is 1. The van der Waals surface area contributed by atoms with Crippen molar-refractivity contribution in [1.29, 1.82) is 0 Å². The molecule has 1 spiro atoms. The topological polar surface area (TPSA) is 92.9 Å². The van der Waals surface area contributed by atoms with E-state index < -0.39 is 34.4 Å². The standard InChI is InChI=1S/C30H37F2N3O4/c1-29(2,33)26(36)15-22(18-39-17-20-8-5-4-6-9-20)27(37)35-13-7-12-30(19-35)23(16-34(3)28(30)38)21-10-11-24(31)25(32)14-21/h4-6,8-11,14,22-23H,7,12-13,15-19,33H2,1-3H3/t22-,23?,30?/m1/s1. The number of carbonyl (C=O) groups excluding carboxylic acids is 3. The van der Waals surface area contributed by atoms with E-state index in [2.05, 4.69) is 0 Å². The molecule has 0 bridgehead atoms. The summed E-state index contributed by atoms with van der Waals surface area (Å²) in [6.07, 6.45) is 1.01. The summed E-state index contributed by atoms with van der Waals surface area (Å²) in [5.41, 5.74) is 5.44. The predicted molar refractivity (Wildman–Crippen MR) is 142 cm³/mol. The third-order valence-corrected chi connectivity index (χ3v) is 8.01. The van der Waals surface area contributed by atoms with Crippen LogP contribution in [0.15, 0.2) is 48.5 Å². The SMILES string of the molecule is CN1CC(c2ccc(F)c(F)c2)C2(CCCN(C(=O)[C@@H](COCc3ccccc3)CC(=O)C(C)(C)N)C2)C1=O. The molecule has 7 nitrogen and oxygen atoms in total. The van der Waals surface area contributed by atoms with E-state index in [1.165, 1.54) is 6.07 Å². The summed E-state index contributed by atoms with van der Waals surface area (Å²) in [4.78, 5) is 43.5. The molecule has 2 saturated heterocycles. The van der Waals surface area contributed by atoms with Crippen LogP contribution in [0.1, 0.15) is 50.2 Å². The van der Waals surface area contributed by atoms with Gasteiger partial charge in [-0.05, 0) is 49.9 Å². The lowest BCUT2D eigenvalue weighted by Gasteiger charge is -2.43. The van der Waals surface area contributed by atoms with Crippen molar-refractivity contribution < 1.29 is 27.9 Å². The van der Waals surface area contributed by atoms with Gasteiger partial charge in [0.25, 0.3) is 0 Å². The summed E-state index contributed by atoms with van der Waals surface area (Å²) in [7, 11) is 1.69. The lowest BCUT2D eigenvalue weighted by molar-refractivity contribution is -0.148. The second kappa shape index (κ2) is 11.5.